The van der Waals surface area contributed by atoms with Gasteiger partial charge in [-0.15, -0.1) is 0 Å². The van der Waals surface area contributed by atoms with Crippen LogP contribution in [0.25, 0.3) is 16.9 Å². The van der Waals surface area contributed by atoms with E-state index in [0.29, 0.717) is 29.0 Å². The largest absolute Gasteiger partial charge is 0.497 e. The number of hydrogen-bond donors (Lipinski definition) is 1. The van der Waals surface area contributed by atoms with E-state index in [1.165, 1.54) is 0 Å². The van der Waals surface area contributed by atoms with Gasteiger partial charge in [0.15, 0.2) is 0 Å². The van der Waals surface area contributed by atoms with E-state index < -0.39 is 0 Å². The van der Waals surface area contributed by atoms with Crippen LogP contribution in [0.4, 0.5) is 5.95 Å². The molecule has 0 aliphatic heterocycles. The number of amides is 2. The quantitative estimate of drug-likeness (QED) is 0.278. The van der Waals surface area contributed by atoms with Gasteiger partial charge in [-0.25, -0.2) is 4.98 Å². The first-order valence-electron chi connectivity index (χ1n) is 12.4. The molecule has 4 rings (SSSR count). The minimum absolute atomic E-state index is 0.0783. The molecule has 4 aromatic rings. The van der Waals surface area contributed by atoms with Crippen molar-refractivity contribution in [2.75, 3.05) is 25.5 Å². The zero-order valence-corrected chi connectivity index (χ0v) is 22.5. The van der Waals surface area contributed by atoms with Crippen LogP contribution >= 0.6 is 11.6 Å². The van der Waals surface area contributed by atoms with E-state index >= 15 is 0 Å². The van der Waals surface area contributed by atoms with E-state index in [9.17, 15) is 9.59 Å². The van der Waals surface area contributed by atoms with Gasteiger partial charge >= 0.3 is 0 Å². The predicted molar refractivity (Wildman–Crippen MR) is 151 cm³/mol. The second-order valence-electron chi connectivity index (χ2n) is 9.41. The van der Waals surface area contributed by atoms with E-state index in [-0.39, 0.29) is 30.7 Å². The van der Waals surface area contributed by atoms with Gasteiger partial charge in [-0.2, -0.15) is 0 Å². The number of rotatable bonds is 10. The molecular weight excluding hydrogens is 500 g/mol. The molecule has 8 heteroatoms. The van der Waals surface area contributed by atoms with Gasteiger partial charge in [0.25, 0.3) is 0 Å². The Morgan fingerprint density at radius 1 is 1.03 bits per heavy atom. The lowest BCUT2D eigenvalue weighted by molar-refractivity contribution is -0.134. The second-order valence-corrected chi connectivity index (χ2v) is 9.84. The molecule has 38 heavy (non-hydrogen) atoms. The lowest BCUT2D eigenvalue weighted by Crippen LogP contribution is -2.41. The summed E-state index contributed by atoms with van der Waals surface area (Å²) in [7, 11) is 1.60. The molecule has 1 N–H and O–H groups in total. The van der Waals surface area contributed by atoms with Crippen LogP contribution in [0.1, 0.15) is 19.4 Å². The molecule has 0 bridgehead atoms. The Labute approximate surface area is 228 Å². The van der Waals surface area contributed by atoms with Crippen LogP contribution in [0, 0.1) is 5.92 Å². The van der Waals surface area contributed by atoms with Crippen LogP contribution < -0.4 is 10.1 Å². The summed E-state index contributed by atoms with van der Waals surface area (Å²) in [5, 5.41) is 3.55. The number of aromatic nitrogens is 2. The van der Waals surface area contributed by atoms with Gasteiger partial charge in [-0.05, 0) is 35.7 Å². The Morgan fingerprint density at radius 3 is 2.45 bits per heavy atom. The van der Waals surface area contributed by atoms with Crippen molar-refractivity contribution >= 4 is 29.4 Å². The molecule has 0 unspecified atom stereocenters. The second kappa shape index (κ2) is 12.4. The van der Waals surface area contributed by atoms with Gasteiger partial charge in [-0.3, -0.25) is 19.5 Å². The average molecular weight is 531 g/mol. The Bertz CT molecular complexity index is 1380. The summed E-state index contributed by atoms with van der Waals surface area (Å²) in [5.74, 6) is 0.796. The third-order valence-corrected chi connectivity index (χ3v) is 6.15. The highest BCUT2D eigenvalue weighted by atomic mass is 35.5. The number of nitrogens with one attached hydrogen (secondary N) is 1. The van der Waals surface area contributed by atoms with Gasteiger partial charge < -0.3 is 9.64 Å². The number of hydrogen-bond acceptors (Lipinski definition) is 4. The Hall–Kier alpha value is -4.10. The fraction of sp³-hybridized carbons (Fsp3) is 0.233. The molecule has 0 aliphatic rings. The fourth-order valence-electron chi connectivity index (χ4n) is 4.10. The summed E-state index contributed by atoms with van der Waals surface area (Å²) in [5.41, 5.74) is 3.20. The first-order chi connectivity index (χ1) is 18.3. The topological polar surface area (TPSA) is 76.5 Å². The molecule has 0 fully saturated rings. The zero-order valence-electron chi connectivity index (χ0n) is 21.7. The van der Waals surface area contributed by atoms with Gasteiger partial charge in [0.2, 0.25) is 17.8 Å². The van der Waals surface area contributed by atoms with Crippen molar-refractivity contribution < 1.29 is 14.3 Å². The number of benzene rings is 3. The summed E-state index contributed by atoms with van der Waals surface area (Å²) in [6.07, 6.45) is 2.08. The summed E-state index contributed by atoms with van der Waals surface area (Å²) in [4.78, 5) is 32.7. The van der Waals surface area contributed by atoms with Gasteiger partial charge in [0.05, 0.1) is 31.5 Å². The van der Waals surface area contributed by atoms with E-state index in [4.69, 9.17) is 21.3 Å². The van der Waals surface area contributed by atoms with Crippen molar-refractivity contribution in [1.82, 2.24) is 14.5 Å². The molecule has 0 atom stereocenters. The molecule has 1 aromatic heterocycles. The zero-order chi connectivity index (χ0) is 27.1. The van der Waals surface area contributed by atoms with Crippen LogP contribution in [0.2, 0.25) is 5.02 Å². The third-order valence-electron chi connectivity index (χ3n) is 5.90. The molecule has 0 saturated carbocycles. The normalized spacial score (nSPS) is 10.9. The maximum absolute atomic E-state index is 13.3. The number of anilines is 1. The molecule has 0 saturated heterocycles. The summed E-state index contributed by atoms with van der Waals surface area (Å²) < 4.78 is 7.18. The molecule has 0 aliphatic carbocycles. The van der Waals surface area contributed by atoms with Crippen LogP contribution in [0.3, 0.4) is 0 Å². The average Bonchev–Trinajstić information content (AvgIpc) is 3.32. The fourth-order valence-corrected chi connectivity index (χ4v) is 4.23. The third kappa shape index (κ3) is 7.01. The summed E-state index contributed by atoms with van der Waals surface area (Å²) in [6.45, 7) is 4.44. The maximum Gasteiger partial charge on any atom is 0.246 e. The Morgan fingerprint density at radius 2 is 1.76 bits per heavy atom. The standard InChI is InChI=1S/C30H31ClN4O3/c1-21(2)18-34(29(37)16-22-8-5-4-6-9-22)20-28(36)33-30-32-27(23-12-14-24(31)15-13-23)19-35(30)25-10-7-11-26(17-25)38-3/h4-15,17,19,21H,16,18,20H2,1-3H3,(H,32,33,36). The summed E-state index contributed by atoms with van der Waals surface area (Å²) >= 11 is 6.07. The molecule has 2 amide bonds. The number of imidazole rings is 1. The molecular formula is C30H31ClN4O3. The minimum atomic E-state index is -0.329. The predicted octanol–water partition coefficient (Wildman–Crippen LogP) is 5.87. The highest BCUT2D eigenvalue weighted by Crippen LogP contribution is 2.27. The van der Waals surface area contributed by atoms with Crippen LogP contribution in [0.15, 0.2) is 85.1 Å². The van der Waals surface area contributed by atoms with Crippen LogP contribution in [-0.2, 0) is 16.0 Å². The van der Waals surface area contributed by atoms with Crippen molar-refractivity contribution in [1.29, 1.82) is 0 Å². The molecule has 196 valence electrons. The maximum atomic E-state index is 13.3. The van der Waals surface area contributed by atoms with Crippen molar-refractivity contribution in [2.24, 2.45) is 5.92 Å². The first-order valence-corrected chi connectivity index (χ1v) is 12.8. The van der Waals surface area contributed by atoms with E-state index in [1.54, 1.807) is 28.7 Å². The van der Waals surface area contributed by atoms with Crippen molar-refractivity contribution in [3.63, 3.8) is 0 Å². The highest BCUT2D eigenvalue weighted by Gasteiger charge is 2.21. The number of nitrogens with zero attached hydrogens (tertiary/aromatic N) is 3. The number of ether oxygens (including phenoxy) is 1. The van der Waals surface area contributed by atoms with Crippen molar-refractivity contribution in [3.8, 4) is 22.7 Å². The van der Waals surface area contributed by atoms with Gasteiger partial charge in [0.1, 0.15) is 5.75 Å². The SMILES string of the molecule is COc1cccc(-n2cc(-c3ccc(Cl)cc3)nc2NC(=O)CN(CC(C)C)C(=O)Cc2ccccc2)c1. The number of carbonyl (C=O) groups is 2. The Kier molecular flexibility index (Phi) is 8.81. The highest BCUT2D eigenvalue weighted by molar-refractivity contribution is 6.30. The first kappa shape index (κ1) is 26.9. The lowest BCUT2D eigenvalue weighted by Gasteiger charge is -2.24. The molecule has 0 radical (unpaired) electrons. The van der Waals surface area contributed by atoms with Crippen LogP contribution in [-0.4, -0.2) is 46.5 Å². The Balaban J connectivity index is 1.59. The number of carbonyl (C=O) groups excluding carboxylic acids is 2. The van der Waals surface area contributed by atoms with Gasteiger partial charge in [0, 0.05) is 29.4 Å². The van der Waals surface area contributed by atoms with Gasteiger partial charge in [-0.1, -0.05) is 74.0 Å². The van der Waals surface area contributed by atoms with E-state index in [2.05, 4.69) is 5.32 Å². The molecule has 0 spiro atoms. The number of methoxy groups -OCH3 is 1. The summed E-state index contributed by atoms with van der Waals surface area (Å²) in [6, 6.07) is 24.4. The molecule has 3 aromatic carbocycles. The molecule has 7 nitrogen and oxygen atoms in total. The monoisotopic (exact) mass is 530 g/mol. The molecule has 1 heterocycles. The minimum Gasteiger partial charge on any atom is -0.497 e. The lowest BCUT2D eigenvalue weighted by atomic mass is 10.1. The van der Waals surface area contributed by atoms with E-state index in [1.807, 2.05) is 86.8 Å². The van der Waals surface area contributed by atoms with Crippen molar-refractivity contribution in [3.05, 3.63) is 95.6 Å². The van der Waals surface area contributed by atoms with E-state index in [0.717, 1.165) is 16.8 Å². The smallest absolute Gasteiger partial charge is 0.246 e. The van der Waals surface area contributed by atoms with Crippen molar-refractivity contribution in [2.45, 2.75) is 20.3 Å². The van der Waals surface area contributed by atoms with Crippen LogP contribution in [0.5, 0.6) is 5.75 Å². The number of halogens is 1.